The minimum absolute atomic E-state index is 0.0158. The molecule has 2 aliphatic rings. The summed E-state index contributed by atoms with van der Waals surface area (Å²) in [6.45, 7) is 0.604. The number of carbonyl (C=O) groups is 2. The Bertz CT molecular complexity index is 354. The standard InChI is InChI=1S/C13H20N2O2/c1-14(2)9-11-12(16)7-8-15(13(11)17)10-5-3-4-6-10/h9-10H,3-8H2,1-2H3/b11-9+. The number of amides is 1. The summed E-state index contributed by atoms with van der Waals surface area (Å²) in [6.07, 6.45) is 6.72. The van der Waals surface area contributed by atoms with Gasteiger partial charge in [0.25, 0.3) is 5.91 Å². The first-order valence-electron chi connectivity index (χ1n) is 6.32. The van der Waals surface area contributed by atoms with E-state index in [4.69, 9.17) is 0 Å². The molecular weight excluding hydrogens is 216 g/mol. The molecule has 0 aromatic carbocycles. The van der Waals surface area contributed by atoms with Gasteiger partial charge in [-0.25, -0.2) is 0 Å². The van der Waals surface area contributed by atoms with Gasteiger partial charge in [0.05, 0.1) is 5.57 Å². The van der Waals surface area contributed by atoms with E-state index in [0.717, 1.165) is 12.8 Å². The third-order valence-electron chi connectivity index (χ3n) is 3.52. The number of rotatable bonds is 2. The lowest BCUT2D eigenvalue weighted by Crippen LogP contribution is -2.46. The Morgan fingerprint density at radius 3 is 2.47 bits per heavy atom. The fourth-order valence-electron chi connectivity index (χ4n) is 2.68. The van der Waals surface area contributed by atoms with Crippen LogP contribution in [-0.2, 0) is 9.59 Å². The van der Waals surface area contributed by atoms with E-state index < -0.39 is 0 Å². The highest BCUT2D eigenvalue weighted by atomic mass is 16.2. The lowest BCUT2D eigenvalue weighted by atomic mass is 10.0. The average Bonchev–Trinajstić information content (AvgIpc) is 2.77. The zero-order valence-corrected chi connectivity index (χ0v) is 10.6. The highest BCUT2D eigenvalue weighted by Crippen LogP contribution is 2.27. The Morgan fingerprint density at radius 1 is 1.24 bits per heavy atom. The highest BCUT2D eigenvalue weighted by molar-refractivity contribution is 6.20. The summed E-state index contributed by atoms with van der Waals surface area (Å²) < 4.78 is 0. The first-order chi connectivity index (χ1) is 8.09. The zero-order valence-electron chi connectivity index (χ0n) is 10.6. The van der Waals surface area contributed by atoms with E-state index >= 15 is 0 Å². The molecule has 1 aliphatic carbocycles. The highest BCUT2D eigenvalue weighted by Gasteiger charge is 2.35. The minimum atomic E-state index is -0.0677. The Balaban J connectivity index is 2.16. The largest absolute Gasteiger partial charge is 0.383 e. The van der Waals surface area contributed by atoms with Crippen LogP contribution in [0, 0.1) is 0 Å². The van der Waals surface area contributed by atoms with Crippen molar-refractivity contribution in [1.29, 1.82) is 0 Å². The van der Waals surface area contributed by atoms with Crippen molar-refractivity contribution in [2.45, 2.75) is 38.1 Å². The lowest BCUT2D eigenvalue weighted by Gasteiger charge is -2.33. The van der Waals surface area contributed by atoms with Gasteiger partial charge in [0.1, 0.15) is 0 Å². The van der Waals surface area contributed by atoms with Gasteiger partial charge in [-0.3, -0.25) is 9.59 Å². The summed E-state index contributed by atoms with van der Waals surface area (Å²) >= 11 is 0. The van der Waals surface area contributed by atoms with E-state index in [1.54, 1.807) is 11.1 Å². The van der Waals surface area contributed by atoms with E-state index in [-0.39, 0.29) is 11.7 Å². The summed E-state index contributed by atoms with van der Waals surface area (Å²) in [6, 6.07) is 0.362. The number of hydrogen-bond acceptors (Lipinski definition) is 3. The van der Waals surface area contributed by atoms with Crippen LogP contribution in [0.1, 0.15) is 32.1 Å². The van der Waals surface area contributed by atoms with E-state index in [9.17, 15) is 9.59 Å². The molecule has 0 aromatic heterocycles. The second-order valence-electron chi connectivity index (χ2n) is 5.12. The van der Waals surface area contributed by atoms with Crippen LogP contribution in [-0.4, -0.2) is 48.2 Å². The number of ketones is 1. The molecule has 0 unspecified atom stereocenters. The molecule has 1 saturated heterocycles. The van der Waals surface area contributed by atoms with Crippen LogP contribution < -0.4 is 0 Å². The average molecular weight is 236 g/mol. The number of carbonyl (C=O) groups excluding carboxylic acids is 2. The van der Waals surface area contributed by atoms with Crippen LogP contribution in [0.4, 0.5) is 0 Å². The van der Waals surface area contributed by atoms with Gasteiger partial charge in [0.15, 0.2) is 5.78 Å². The third-order valence-corrected chi connectivity index (χ3v) is 3.52. The van der Waals surface area contributed by atoms with Gasteiger partial charge in [0.2, 0.25) is 0 Å². The monoisotopic (exact) mass is 236 g/mol. The molecule has 0 bridgehead atoms. The van der Waals surface area contributed by atoms with Crippen molar-refractivity contribution < 1.29 is 9.59 Å². The van der Waals surface area contributed by atoms with Gasteiger partial charge < -0.3 is 9.80 Å². The number of hydrogen-bond donors (Lipinski definition) is 0. The van der Waals surface area contributed by atoms with Crippen molar-refractivity contribution >= 4 is 11.7 Å². The number of Topliss-reactive ketones (excluding diaryl/α,β-unsaturated/α-hetero) is 1. The van der Waals surface area contributed by atoms with Crippen LogP contribution in [0.3, 0.4) is 0 Å². The van der Waals surface area contributed by atoms with Gasteiger partial charge in [-0.2, -0.15) is 0 Å². The third kappa shape index (κ3) is 2.51. The van der Waals surface area contributed by atoms with Crippen LogP contribution in [0.15, 0.2) is 11.8 Å². The van der Waals surface area contributed by atoms with Crippen LogP contribution >= 0.6 is 0 Å². The molecule has 1 amide bonds. The molecule has 1 heterocycles. The maximum absolute atomic E-state index is 12.3. The Kier molecular flexibility index (Phi) is 3.50. The molecule has 1 aliphatic heterocycles. The number of nitrogens with zero attached hydrogens (tertiary/aromatic N) is 2. The first-order valence-corrected chi connectivity index (χ1v) is 6.32. The molecule has 2 rings (SSSR count). The van der Waals surface area contributed by atoms with E-state index in [1.807, 2.05) is 19.0 Å². The second-order valence-corrected chi connectivity index (χ2v) is 5.12. The van der Waals surface area contributed by atoms with Crippen molar-refractivity contribution in [3.8, 4) is 0 Å². The van der Waals surface area contributed by atoms with Crippen LogP contribution in [0.5, 0.6) is 0 Å². The fourth-order valence-corrected chi connectivity index (χ4v) is 2.68. The van der Waals surface area contributed by atoms with E-state index in [0.29, 0.717) is 24.6 Å². The summed E-state index contributed by atoms with van der Waals surface area (Å²) in [5.41, 5.74) is 0.355. The minimum Gasteiger partial charge on any atom is -0.383 e. The summed E-state index contributed by atoms with van der Waals surface area (Å²) in [7, 11) is 3.67. The molecule has 0 aromatic rings. The molecule has 17 heavy (non-hydrogen) atoms. The molecule has 0 N–H and O–H groups in total. The quantitative estimate of drug-likeness (QED) is 0.534. The predicted molar refractivity (Wildman–Crippen MR) is 65.4 cm³/mol. The SMILES string of the molecule is CN(C)/C=C1\C(=O)CCN(C2CCCC2)C1=O. The Labute approximate surface area is 102 Å². The molecule has 0 atom stereocenters. The maximum Gasteiger partial charge on any atom is 0.259 e. The van der Waals surface area contributed by atoms with Gasteiger partial charge >= 0.3 is 0 Å². The van der Waals surface area contributed by atoms with E-state index in [1.165, 1.54) is 12.8 Å². The van der Waals surface area contributed by atoms with Crippen molar-refractivity contribution in [2.75, 3.05) is 20.6 Å². The molecule has 94 valence electrons. The van der Waals surface area contributed by atoms with Crippen molar-refractivity contribution in [3.63, 3.8) is 0 Å². The predicted octanol–water partition coefficient (Wildman–Crippen LogP) is 1.18. The van der Waals surface area contributed by atoms with Crippen molar-refractivity contribution in [1.82, 2.24) is 9.80 Å². The van der Waals surface area contributed by atoms with Gasteiger partial charge in [-0.05, 0) is 12.8 Å². The topological polar surface area (TPSA) is 40.6 Å². The number of piperidine rings is 1. The van der Waals surface area contributed by atoms with Gasteiger partial charge in [-0.1, -0.05) is 12.8 Å². The molecule has 0 spiro atoms. The molecule has 0 radical (unpaired) electrons. The molecule has 4 nitrogen and oxygen atoms in total. The van der Waals surface area contributed by atoms with Crippen LogP contribution in [0.2, 0.25) is 0 Å². The Morgan fingerprint density at radius 2 is 1.88 bits per heavy atom. The van der Waals surface area contributed by atoms with E-state index in [2.05, 4.69) is 0 Å². The van der Waals surface area contributed by atoms with Gasteiger partial charge in [0, 0.05) is 39.3 Å². The summed E-state index contributed by atoms with van der Waals surface area (Å²) in [5.74, 6) is -0.0835. The van der Waals surface area contributed by atoms with Crippen molar-refractivity contribution in [3.05, 3.63) is 11.8 Å². The van der Waals surface area contributed by atoms with Crippen LogP contribution in [0.25, 0.3) is 0 Å². The normalized spacial score (nSPS) is 24.8. The maximum atomic E-state index is 12.3. The van der Waals surface area contributed by atoms with Crippen molar-refractivity contribution in [2.24, 2.45) is 0 Å². The second kappa shape index (κ2) is 4.90. The fraction of sp³-hybridized carbons (Fsp3) is 0.692. The molecule has 1 saturated carbocycles. The lowest BCUT2D eigenvalue weighted by molar-refractivity contribution is -0.135. The number of likely N-dealkylation sites (tertiary alicyclic amines) is 1. The first kappa shape index (κ1) is 12.1. The summed E-state index contributed by atoms with van der Waals surface area (Å²) in [4.78, 5) is 27.7. The molecular formula is C13H20N2O2. The smallest absolute Gasteiger partial charge is 0.259 e. The molecule has 2 fully saturated rings. The zero-order chi connectivity index (χ0) is 12.4. The summed E-state index contributed by atoms with van der Waals surface area (Å²) in [5, 5.41) is 0. The Hall–Kier alpha value is -1.32. The molecule has 4 heteroatoms. The van der Waals surface area contributed by atoms with Gasteiger partial charge in [-0.15, -0.1) is 0 Å².